The third-order valence-corrected chi connectivity index (χ3v) is 5.10. The number of nitrogens with zero attached hydrogens (tertiary/aromatic N) is 1. The quantitative estimate of drug-likeness (QED) is 0.750. The average Bonchev–Trinajstić information content (AvgIpc) is 2.41. The smallest absolute Gasteiger partial charge is 0.243 e. The van der Waals surface area contributed by atoms with Crippen LogP contribution in [-0.4, -0.2) is 33.4 Å². The molecule has 20 heavy (non-hydrogen) atoms. The summed E-state index contributed by atoms with van der Waals surface area (Å²) >= 11 is 0. The number of nitrogens with one attached hydrogen (secondary N) is 1. The van der Waals surface area contributed by atoms with Gasteiger partial charge in [-0.2, -0.15) is 0 Å². The molecule has 114 valence electrons. The van der Waals surface area contributed by atoms with Gasteiger partial charge in [-0.3, -0.25) is 0 Å². The third-order valence-electron chi connectivity index (χ3n) is 3.16. The molecule has 0 bridgehead atoms. The summed E-state index contributed by atoms with van der Waals surface area (Å²) in [5.41, 5.74) is 0.580. The maximum absolute atomic E-state index is 13.4. The molecule has 6 heteroatoms. The zero-order valence-corrected chi connectivity index (χ0v) is 13.1. The number of rotatable bonds is 8. The number of benzene rings is 1. The number of unbranched alkanes of at least 4 members (excludes halogenated alkanes) is 2. The normalized spacial score (nSPS) is 12.1. The number of halogens is 1. The van der Waals surface area contributed by atoms with E-state index in [9.17, 15) is 12.8 Å². The Morgan fingerprint density at radius 2 is 2.00 bits per heavy atom. The fourth-order valence-electron chi connectivity index (χ4n) is 1.98. The van der Waals surface area contributed by atoms with Gasteiger partial charge in [0.15, 0.2) is 0 Å². The molecule has 0 amide bonds. The highest BCUT2D eigenvalue weighted by Gasteiger charge is 2.23. The molecule has 0 spiro atoms. The first-order valence-electron chi connectivity index (χ1n) is 6.82. The Kier molecular flexibility index (Phi) is 6.58. The minimum Gasteiger partial charge on any atom is -0.316 e. The number of hydrogen-bond donors (Lipinski definition) is 1. The van der Waals surface area contributed by atoms with Gasteiger partial charge in [0.1, 0.15) is 5.82 Å². The zero-order chi connectivity index (χ0) is 15.2. The fourth-order valence-corrected chi connectivity index (χ4v) is 3.42. The van der Waals surface area contributed by atoms with Gasteiger partial charge in [0.2, 0.25) is 10.0 Å². The summed E-state index contributed by atoms with van der Waals surface area (Å²) in [6, 6.07) is 3.89. The summed E-state index contributed by atoms with van der Waals surface area (Å²) in [6.07, 6.45) is 2.81. The van der Waals surface area contributed by atoms with Gasteiger partial charge in [0.05, 0.1) is 4.90 Å². The van der Waals surface area contributed by atoms with E-state index in [1.165, 1.54) is 16.4 Å². The highest BCUT2D eigenvalue weighted by atomic mass is 32.2. The molecular formula is C14H23FN2O2S. The van der Waals surface area contributed by atoms with Crippen LogP contribution in [0.2, 0.25) is 0 Å². The Labute approximate surface area is 121 Å². The van der Waals surface area contributed by atoms with E-state index in [0.29, 0.717) is 18.7 Å². The van der Waals surface area contributed by atoms with Gasteiger partial charge >= 0.3 is 0 Å². The summed E-state index contributed by atoms with van der Waals surface area (Å²) in [5.74, 6) is -0.537. The average molecular weight is 302 g/mol. The van der Waals surface area contributed by atoms with Crippen LogP contribution in [0.15, 0.2) is 23.1 Å². The fraction of sp³-hybridized carbons (Fsp3) is 0.571. The van der Waals surface area contributed by atoms with Crippen molar-refractivity contribution in [2.45, 2.75) is 37.6 Å². The second-order valence-corrected chi connectivity index (χ2v) is 6.83. The van der Waals surface area contributed by atoms with Crippen LogP contribution >= 0.6 is 0 Å². The first-order valence-corrected chi connectivity index (χ1v) is 8.26. The van der Waals surface area contributed by atoms with Crippen LogP contribution in [0.4, 0.5) is 4.39 Å². The SMILES string of the molecule is CCCCCN(C)S(=O)(=O)c1cc(F)ccc1CNC. The molecule has 0 atom stereocenters. The van der Waals surface area contributed by atoms with Crippen LogP contribution in [0.5, 0.6) is 0 Å². The molecule has 1 N–H and O–H groups in total. The van der Waals surface area contributed by atoms with Crippen LogP contribution in [-0.2, 0) is 16.6 Å². The van der Waals surface area contributed by atoms with Crippen molar-refractivity contribution in [3.05, 3.63) is 29.6 Å². The van der Waals surface area contributed by atoms with E-state index in [4.69, 9.17) is 0 Å². The molecule has 0 unspecified atom stereocenters. The van der Waals surface area contributed by atoms with E-state index in [2.05, 4.69) is 12.2 Å². The van der Waals surface area contributed by atoms with Crippen molar-refractivity contribution in [1.82, 2.24) is 9.62 Å². The Bertz CT molecular complexity index is 532. The second kappa shape index (κ2) is 7.71. The first-order chi connectivity index (χ1) is 9.43. The van der Waals surface area contributed by atoms with Gasteiger partial charge in [-0.15, -0.1) is 0 Å². The molecule has 0 saturated heterocycles. The van der Waals surface area contributed by atoms with Crippen LogP contribution in [0, 0.1) is 5.82 Å². The minimum absolute atomic E-state index is 0.0471. The maximum atomic E-state index is 13.4. The maximum Gasteiger partial charge on any atom is 0.243 e. The molecule has 0 heterocycles. The van der Waals surface area contributed by atoms with Crippen LogP contribution < -0.4 is 5.32 Å². The predicted molar refractivity (Wildman–Crippen MR) is 78.5 cm³/mol. The first kappa shape index (κ1) is 17.1. The van der Waals surface area contributed by atoms with E-state index in [-0.39, 0.29) is 4.90 Å². The summed E-state index contributed by atoms with van der Waals surface area (Å²) in [4.78, 5) is 0.0471. The van der Waals surface area contributed by atoms with Crippen LogP contribution in [0.25, 0.3) is 0 Å². The van der Waals surface area contributed by atoms with Crippen molar-refractivity contribution in [3.8, 4) is 0 Å². The Morgan fingerprint density at radius 3 is 2.60 bits per heavy atom. The van der Waals surface area contributed by atoms with Crippen LogP contribution in [0.3, 0.4) is 0 Å². The lowest BCUT2D eigenvalue weighted by Gasteiger charge is -2.19. The monoisotopic (exact) mass is 302 g/mol. The molecule has 0 aliphatic carbocycles. The molecule has 4 nitrogen and oxygen atoms in total. The van der Waals surface area contributed by atoms with Crippen molar-refractivity contribution >= 4 is 10.0 Å². The van der Waals surface area contributed by atoms with Crippen molar-refractivity contribution in [2.24, 2.45) is 0 Å². The van der Waals surface area contributed by atoms with Gasteiger partial charge < -0.3 is 5.32 Å². The van der Waals surface area contributed by atoms with E-state index in [0.717, 1.165) is 25.3 Å². The van der Waals surface area contributed by atoms with Gasteiger partial charge in [-0.25, -0.2) is 17.1 Å². The Balaban J connectivity index is 3.04. The third kappa shape index (κ3) is 4.26. The molecule has 0 aromatic heterocycles. The van der Waals surface area contributed by atoms with Gasteiger partial charge in [0, 0.05) is 20.1 Å². The van der Waals surface area contributed by atoms with E-state index >= 15 is 0 Å². The topological polar surface area (TPSA) is 49.4 Å². The van der Waals surface area contributed by atoms with E-state index < -0.39 is 15.8 Å². The number of sulfonamides is 1. The van der Waals surface area contributed by atoms with Crippen molar-refractivity contribution < 1.29 is 12.8 Å². The molecule has 1 aromatic rings. The Morgan fingerprint density at radius 1 is 1.30 bits per heavy atom. The van der Waals surface area contributed by atoms with Crippen molar-refractivity contribution in [2.75, 3.05) is 20.6 Å². The predicted octanol–water partition coefficient (Wildman–Crippen LogP) is 2.36. The lowest BCUT2D eigenvalue weighted by molar-refractivity contribution is 0.452. The lowest BCUT2D eigenvalue weighted by Crippen LogP contribution is -2.29. The van der Waals surface area contributed by atoms with Gasteiger partial charge in [0.25, 0.3) is 0 Å². The molecule has 0 fully saturated rings. The molecular weight excluding hydrogens is 279 g/mol. The second-order valence-electron chi connectivity index (χ2n) is 4.82. The van der Waals surface area contributed by atoms with E-state index in [1.54, 1.807) is 14.1 Å². The Hall–Kier alpha value is -0.980. The van der Waals surface area contributed by atoms with Crippen molar-refractivity contribution in [1.29, 1.82) is 0 Å². The molecule has 0 saturated carbocycles. The van der Waals surface area contributed by atoms with E-state index in [1.807, 2.05) is 0 Å². The molecule has 0 aliphatic rings. The summed E-state index contributed by atoms with van der Waals surface area (Å²) in [7, 11) is -0.374. The summed E-state index contributed by atoms with van der Waals surface area (Å²) < 4.78 is 39.7. The van der Waals surface area contributed by atoms with Crippen molar-refractivity contribution in [3.63, 3.8) is 0 Å². The van der Waals surface area contributed by atoms with Gasteiger partial charge in [-0.05, 0) is 31.2 Å². The highest BCUT2D eigenvalue weighted by Crippen LogP contribution is 2.21. The largest absolute Gasteiger partial charge is 0.316 e. The number of hydrogen-bond acceptors (Lipinski definition) is 3. The molecule has 0 radical (unpaired) electrons. The summed E-state index contributed by atoms with van der Waals surface area (Å²) in [5, 5.41) is 2.90. The lowest BCUT2D eigenvalue weighted by atomic mass is 10.2. The van der Waals surface area contributed by atoms with Crippen LogP contribution in [0.1, 0.15) is 31.7 Å². The molecule has 1 aromatic carbocycles. The zero-order valence-electron chi connectivity index (χ0n) is 12.3. The summed E-state index contributed by atoms with van der Waals surface area (Å²) in [6.45, 7) is 2.90. The molecule has 1 rings (SSSR count). The molecule has 0 aliphatic heterocycles. The minimum atomic E-state index is -3.64. The highest BCUT2D eigenvalue weighted by molar-refractivity contribution is 7.89. The standard InChI is InChI=1S/C14H23FN2O2S/c1-4-5-6-9-17(3)20(18,19)14-10-13(15)8-7-12(14)11-16-2/h7-8,10,16H,4-6,9,11H2,1-3H3. The van der Waals surface area contributed by atoms with Gasteiger partial charge in [-0.1, -0.05) is 25.8 Å².